The maximum atomic E-state index is 10.7. The Hall–Kier alpha value is -1.80. The van der Waals surface area contributed by atoms with Crippen LogP contribution in [0.5, 0.6) is 5.75 Å². The Morgan fingerprint density at radius 3 is 2.00 bits per heavy atom. The quantitative estimate of drug-likeness (QED) is 0.344. The molecule has 2 aromatic rings. The minimum atomic E-state index is -5.84. The number of alkyl halides is 3. The first kappa shape index (κ1) is 23.2. The summed E-state index contributed by atoms with van der Waals surface area (Å²) >= 11 is 0. The molecule has 0 atom stereocenters. The second kappa shape index (κ2) is 10.5. The van der Waals surface area contributed by atoms with E-state index >= 15 is 0 Å². The summed E-state index contributed by atoms with van der Waals surface area (Å²) in [7, 11) is -5.84. The van der Waals surface area contributed by atoms with Gasteiger partial charge in [0.2, 0.25) is 0 Å². The molecule has 2 aromatic carbocycles. The van der Waals surface area contributed by atoms with Crippen LogP contribution in [-0.4, -0.2) is 23.6 Å². The van der Waals surface area contributed by atoms with Crippen molar-refractivity contribution in [2.24, 2.45) is 0 Å². The van der Waals surface area contributed by atoms with Crippen LogP contribution in [0.25, 0.3) is 10.8 Å². The summed E-state index contributed by atoms with van der Waals surface area (Å²) in [6.45, 7) is 2.26. The van der Waals surface area contributed by atoms with Gasteiger partial charge < -0.3 is 5.11 Å². The van der Waals surface area contributed by atoms with Gasteiger partial charge in [-0.25, -0.2) is 0 Å². The molecule has 0 bridgehead atoms. The average Bonchev–Trinajstić information content (AvgIpc) is 2.57. The molecule has 0 fully saturated rings. The predicted molar refractivity (Wildman–Crippen MR) is 100 cm³/mol. The molecule has 0 saturated carbocycles. The summed E-state index contributed by atoms with van der Waals surface area (Å²) in [6.07, 6.45) is 9.24. The maximum absolute atomic E-state index is 10.7. The number of phenolic OH excluding ortho intramolecular Hbond substituents is 1. The Morgan fingerprint density at radius 2 is 1.41 bits per heavy atom. The minimum Gasteiger partial charge on any atom is -0.508 e. The molecule has 27 heavy (non-hydrogen) atoms. The van der Waals surface area contributed by atoms with E-state index < -0.39 is 15.6 Å². The minimum absolute atomic E-state index is 0.344. The van der Waals surface area contributed by atoms with Crippen molar-refractivity contribution >= 4 is 20.9 Å². The van der Waals surface area contributed by atoms with E-state index in [1.54, 1.807) is 6.07 Å². The lowest BCUT2D eigenvalue weighted by Crippen LogP contribution is -2.21. The van der Waals surface area contributed by atoms with Crippen LogP contribution in [-0.2, 0) is 16.5 Å². The van der Waals surface area contributed by atoms with E-state index in [0.29, 0.717) is 5.75 Å². The topological polar surface area (TPSA) is 74.6 Å². The Labute approximate surface area is 157 Å². The fraction of sp³-hybridized carbons (Fsp3) is 0.474. The number of benzene rings is 2. The molecule has 0 unspecified atom stereocenters. The summed E-state index contributed by atoms with van der Waals surface area (Å²) in [5.74, 6) is 0.344. The van der Waals surface area contributed by atoms with Gasteiger partial charge in [-0.15, -0.1) is 0 Å². The van der Waals surface area contributed by atoms with E-state index in [9.17, 15) is 18.3 Å². The van der Waals surface area contributed by atoms with Crippen LogP contribution < -0.4 is 0 Å². The summed E-state index contributed by atoms with van der Waals surface area (Å²) in [4.78, 5) is 0. The van der Waals surface area contributed by atoms with E-state index in [0.717, 1.165) is 5.39 Å². The second-order valence-electron chi connectivity index (χ2n) is 6.30. The highest BCUT2D eigenvalue weighted by molar-refractivity contribution is 7.86. The van der Waals surface area contributed by atoms with Crippen molar-refractivity contribution in [2.45, 2.75) is 57.4 Å². The van der Waals surface area contributed by atoms with Crippen molar-refractivity contribution in [1.29, 1.82) is 0 Å². The van der Waals surface area contributed by atoms with Crippen LogP contribution in [0.15, 0.2) is 36.4 Å². The fourth-order valence-electron chi connectivity index (χ4n) is 2.55. The molecule has 0 aliphatic carbocycles. The summed E-state index contributed by atoms with van der Waals surface area (Å²) in [6, 6.07) is 12.1. The van der Waals surface area contributed by atoms with Crippen LogP contribution >= 0.6 is 0 Å². The number of aromatic hydroxyl groups is 1. The highest BCUT2D eigenvalue weighted by atomic mass is 32.2. The summed E-state index contributed by atoms with van der Waals surface area (Å²) in [5, 5.41) is 11.8. The van der Waals surface area contributed by atoms with Crippen molar-refractivity contribution < 1.29 is 31.2 Å². The van der Waals surface area contributed by atoms with Crippen LogP contribution in [0.3, 0.4) is 0 Å². The lowest BCUT2D eigenvalue weighted by molar-refractivity contribution is -0.0510. The van der Waals surface area contributed by atoms with Gasteiger partial charge >= 0.3 is 15.6 Å². The Morgan fingerprint density at radius 1 is 0.889 bits per heavy atom. The van der Waals surface area contributed by atoms with Crippen molar-refractivity contribution in [2.75, 3.05) is 0 Å². The number of hydrogen-bond acceptors (Lipinski definition) is 3. The van der Waals surface area contributed by atoms with Gasteiger partial charge in [0.05, 0.1) is 0 Å². The number of rotatable bonds is 7. The summed E-state index contributed by atoms with van der Waals surface area (Å²) < 4.78 is 57.5. The molecular formula is C19H25F3O4S. The maximum Gasteiger partial charge on any atom is 0.522 e. The number of aryl methyl sites for hydroxylation is 1. The van der Waals surface area contributed by atoms with Crippen LogP contribution in [0, 0.1) is 0 Å². The van der Waals surface area contributed by atoms with E-state index in [-0.39, 0.29) is 0 Å². The zero-order valence-electron chi connectivity index (χ0n) is 15.2. The normalized spacial score (nSPS) is 11.9. The number of fused-ring (bicyclic) bond motifs is 1. The van der Waals surface area contributed by atoms with E-state index in [1.807, 2.05) is 12.1 Å². The van der Waals surface area contributed by atoms with Gasteiger partial charge in [-0.05, 0) is 41.3 Å². The predicted octanol–water partition coefficient (Wildman–Crippen LogP) is 5.84. The van der Waals surface area contributed by atoms with Gasteiger partial charge in [-0.2, -0.15) is 21.6 Å². The Kier molecular flexibility index (Phi) is 9.05. The first-order valence-electron chi connectivity index (χ1n) is 8.80. The highest BCUT2D eigenvalue weighted by Gasteiger charge is 2.44. The largest absolute Gasteiger partial charge is 0.522 e. The first-order chi connectivity index (χ1) is 12.5. The fourth-order valence-corrected chi connectivity index (χ4v) is 2.55. The van der Waals surface area contributed by atoms with Crippen molar-refractivity contribution in [3.8, 4) is 5.75 Å². The molecule has 0 amide bonds. The lowest BCUT2D eigenvalue weighted by atomic mass is 10.0. The Balaban J connectivity index is 0.000000387. The lowest BCUT2D eigenvalue weighted by Gasteiger charge is -2.05. The van der Waals surface area contributed by atoms with Gasteiger partial charge in [0.15, 0.2) is 0 Å². The summed E-state index contributed by atoms with van der Waals surface area (Å²) in [5.41, 5.74) is -4.12. The van der Waals surface area contributed by atoms with Crippen molar-refractivity contribution in [3.63, 3.8) is 0 Å². The molecule has 0 aromatic heterocycles. The second-order valence-corrected chi connectivity index (χ2v) is 7.72. The monoisotopic (exact) mass is 406 g/mol. The van der Waals surface area contributed by atoms with Gasteiger partial charge in [-0.1, -0.05) is 63.3 Å². The molecule has 152 valence electrons. The van der Waals surface area contributed by atoms with E-state index in [4.69, 9.17) is 13.0 Å². The third-order valence-electron chi connectivity index (χ3n) is 4.00. The molecular weight excluding hydrogens is 381 g/mol. The van der Waals surface area contributed by atoms with Gasteiger partial charge in [0.1, 0.15) is 5.75 Å². The molecule has 2 N–H and O–H groups in total. The van der Waals surface area contributed by atoms with Crippen molar-refractivity contribution in [3.05, 3.63) is 42.0 Å². The molecule has 2 rings (SSSR count). The van der Waals surface area contributed by atoms with Crippen LogP contribution in [0.1, 0.15) is 51.0 Å². The smallest absolute Gasteiger partial charge is 0.508 e. The van der Waals surface area contributed by atoms with E-state index in [2.05, 4.69) is 25.1 Å². The first-order valence-corrected chi connectivity index (χ1v) is 10.2. The van der Waals surface area contributed by atoms with Crippen LogP contribution in [0.4, 0.5) is 13.2 Å². The molecule has 0 heterocycles. The number of halogens is 3. The molecule has 4 nitrogen and oxygen atoms in total. The van der Waals surface area contributed by atoms with E-state index in [1.165, 1.54) is 55.9 Å². The molecule has 0 saturated heterocycles. The number of phenols is 1. The van der Waals surface area contributed by atoms with Gasteiger partial charge in [0, 0.05) is 0 Å². The Bertz CT molecular complexity index is 817. The molecule has 8 heteroatoms. The third-order valence-corrected chi connectivity index (χ3v) is 4.58. The SMILES string of the molecule is CCCCCCCCc1ccc2cc(O)ccc2c1.O=S(=O)(O)C(F)(F)F. The number of unbranched alkanes of at least 4 members (excludes halogenated alkanes) is 5. The van der Waals surface area contributed by atoms with Gasteiger partial charge in [0.25, 0.3) is 0 Å². The number of hydrogen-bond donors (Lipinski definition) is 2. The zero-order chi connectivity index (χ0) is 20.5. The van der Waals surface area contributed by atoms with Gasteiger partial charge in [-0.3, -0.25) is 4.55 Å². The average molecular weight is 406 g/mol. The third kappa shape index (κ3) is 8.62. The molecule has 0 spiro atoms. The van der Waals surface area contributed by atoms with Crippen LogP contribution in [0.2, 0.25) is 0 Å². The highest BCUT2D eigenvalue weighted by Crippen LogP contribution is 2.22. The standard InChI is InChI=1S/C18H24O.CHF3O3S/c1-2-3-4-5-6-7-8-15-9-10-17-14-18(19)12-11-16(17)13-15;2-1(3,4)8(5,6)7/h9-14,19H,2-8H2,1H3;(H,5,6,7). The molecule has 0 aliphatic rings. The van der Waals surface area contributed by atoms with Crippen molar-refractivity contribution in [1.82, 2.24) is 0 Å². The molecule has 0 aliphatic heterocycles. The zero-order valence-corrected chi connectivity index (χ0v) is 16.0. The molecule has 0 radical (unpaired) electrons.